The first kappa shape index (κ1) is 18.2. The number of halogens is 1. The van der Waals surface area contributed by atoms with E-state index in [0.29, 0.717) is 28.0 Å². The van der Waals surface area contributed by atoms with Crippen LogP contribution in [0.3, 0.4) is 0 Å². The van der Waals surface area contributed by atoms with Gasteiger partial charge in [-0.2, -0.15) is 5.10 Å². The predicted octanol–water partition coefficient (Wildman–Crippen LogP) is 5.00. The molecule has 3 aromatic rings. The van der Waals surface area contributed by atoms with E-state index in [-0.39, 0.29) is 17.8 Å². The molecule has 0 saturated heterocycles. The lowest BCUT2D eigenvalue weighted by Gasteiger charge is -2.34. The Morgan fingerprint density at radius 1 is 1.30 bits per heavy atom. The van der Waals surface area contributed by atoms with E-state index in [1.807, 2.05) is 13.1 Å². The minimum atomic E-state index is -0.306. The number of fused-ring (bicyclic) bond motifs is 1. The summed E-state index contributed by atoms with van der Waals surface area (Å²) in [7, 11) is 1.83. The first-order valence-electron chi connectivity index (χ1n) is 9.48. The molecule has 1 aliphatic carbocycles. The van der Waals surface area contributed by atoms with Crippen LogP contribution in [0, 0.1) is 17.7 Å². The highest BCUT2D eigenvalue weighted by Gasteiger charge is 2.29. The standard InChI is InChI=1S/C21H24FN3OS/c1-12-7-6-10-17(13(12)2)23-20(26)18-11-15-19(24-25(3)21(15)27-18)14-8-4-5-9-16(14)22/h4-5,8-9,11-13,17H,6-7,10H2,1-3H3,(H,23,26)/t12-,13+,17+/m1/s1. The van der Waals surface area contributed by atoms with Crippen LogP contribution in [0.2, 0.25) is 0 Å². The second-order valence-electron chi connectivity index (χ2n) is 7.63. The van der Waals surface area contributed by atoms with E-state index in [1.54, 1.807) is 22.9 Å². The number of aryl methyl sites for hydroxylation is 1. The number of nitrogens with one attached hydrogen (secondary N) is 1. The van der Waals surface area contributed by atoms with Crippen molar-refractivity contribution in [1.29, 1.82) is 0 Å². The Bertz CT molecular complexity index is 993. The summed E-state index contributed by atoms with van der Waals surface area (Å²) in [4.78, 5) is 14.4. The summed E-state index contributed by atoms with van der Waals surface area (Å²) in [5.74, 6) is 0.761. The monoisotopic (exact) mass is 385 g/mol. The third-order valence-electron chi connectivity index (χ3n) is 5.89. The molecule has 0 aliphatic heterocycles. The van der Waals surface area contributed by atoms with Crippen molar-refractivity contribution >= 4 is 27.5 Å². The molecule has 142 valence electrons. The van der Waals surface area contributed by atoms with Gasteiger partial charge in [0.25, 0.3) is 5.91 Å². The highest BCUT2D eigenvalue weighted by Crippen LogP contribution is 2.35. The van der Waals surface area contributed by atoms with Gasteiger partial charge in [-0.25, -0.2) is 4.39 Å². The van der Waals surface area contributed by atoms with E-state index in [1.165, 1.54) is 23.8 Å². The third kappa shape index (κ3) is 3.27. The number of carbonyl (C=O) groups excluding carboxylic acids is 1. The van der Waals surface area contributed by atoms with E-state index >= 15 is 0 Å². The highest BCUT2D eigenvalue weighted by atomic mass is 32.1. The van der Waals surface area contributed by atoms with Crippen molar-refractivity contribution < 1.29 is 9.18 Å². The summed E-state index contributed by atoms with van der Waals surface area (Å²) in [6, 6.07) is 8.68. The quantitative estimate of drug-likeness (QED) is 0.690. The molecule has 1 aromatic carbocycles. The number of hydrogen-bond acceptors (Lipinski definition) is 3. The molecule has 0 radical (unpaired) electrons. The van der Waals surface area contributed by atoms with Crippen LogP contribution in [-0.2, 0) is 7.05 Å². The minimum Gasteiger partial charge on any atom is -0.348 e. The number of nitrogens with zero attached hydrogens (tertiary/aromatic N) is 2. The Labute approximate surface area is 162 Å². The number of aromatic nitrogens is 2. The fourth-order valence-electron chi connectivity index (χ4n) is 4.03. The maximum absolute atomic E-state index is 14.2. The molecule has 1 amide bonds. The number of hydrogen-bond donors (Lipinski definition) is 1. The molecule has 0 spiro atoms. The van der Waals surface area contributed by atoms with Gasteiger partial charge in [-0.15, -0.1) is 11.3 Å². The van der Waals surface area contributed by atoms with Crippen molar-refractivity contribution in [2.24, 2.45) is 18.9 Å². The lowest BCUT2D eigenvalue weighted by Crippen LogP contribution is -2.43. The summed E-state index contributed by atoms with van der Waals surface area (Å²) in [5.41, 5.74) is 1.04. The van der Waals surface area contributed by atoms with Crippen LogP contribution in [0.5, 0.6) is 0 Å². The maximum atomic E-state index is 14.2. The van der Waals surface area contributed by atoms with Crippen molar-refractivity contribution in [3.8, 4) is 11.3 Å². The lowest BCUT2D eigenvalue weighted by molar-refractivity contribution is 0.0895. The van der Waals surface area contributed by atoms with E-state index in [4.69, 9.17) is 0 Å². The molecular formula is C21H24FN3OS. The molecule has 1 fully saturated rings. The van der Waals surface area contributed by atoms with Crippen molar-refractivity contribution in [3.63, 3.8) is 0 Å². The normalized spacial score (nSPS) is 22.9. The van der Waals surface area contributed by atoms with Crippen LogP contribution >= 0.6 is 11.3 Å². The molecule has 6 heteroatoms. The molecule has 2 heterocycles. The lowest BCUT2D eigenvalue weighted by atomic mass is 9.78. The first-order chi connectivity index (χ1) is 13.0. The topological polar surface area (TPSA) is 46.9 Å². The van der Waals surface area contributed by atoms with Crippen molar-refractivity contribution in [2.45, 2.75) is 39.2 Å². The fourth-order valence-corrected chi connectivity index (χ4v) is 5.01. The van der Waals surface area contributed by atoms with Crippen LogP contribution in [-0.4, -0.2) is 21.7 Å². The summed E-state index contributed by atoms with van der Waals surface area (Å²) < 4.78 is 16.0. The average molecular weight is 386 g/mol. The third-order valence-corrected chi connectivity index (χ3v) is 7.09. The van der Waals surface area contributed by atoms with E-state index in [0.717, 1.165) is 23.1 Å². The molecule has 4 rings (SSSR count). The molecule has 1 aliphatic rings. The Morgan fingerprint density at radius 3 is 2.85 bits per heavy atom. The zero-order chi connectivity index (χ0) is 19.1. The maximum Gasteiger partial charge on any atom is 0.261 e. The van der Waals surface area contributed by atoms with Gasteiger partial charge < -0.3 is 5.32 Å². The number of thiophene rings is 1. The fraction of sp³-hybridized carbons (Fsp3) is 0.429. The molecular weight excluding hydrogens is 361 g/mol. The smallest absolute Gasteiger partial charge is 0.261 e. The van der Waals surface area contributed by atoms with E-state index in [9.17, 15) is 9.18 Å². The summed E-state index contributed by atoms with van der Waals surface area (Å²) in [6.45, 7) is 4.48. The number of benzene rings is 1. The van der Waals surface area contributed by atoms with E-state index in [2.05, 4.69) is 24.3 Å². The Hall–Kier alpha value is -2.21. The summed E-state index contributed by atoms with van der Waals surface area (Å²) in [5, 5.41) is 8.52. The molecule has 1 saturated carbocycles. The van der Waals surface area contributed by atoms with Crippen molar-refractivity contribution in [1.82, 2.24) is 15.1 Å². The van der Waals surface area contributed by atoms with Crippen LogP contribution < -0.4 is 5.32 Å². The van der Waals surface area contributed by atoms with Crippen LogP contribution in [0.1, 0.15) is 42.8 Å². The van der Waals surface area contributed by atoms with Crippen LogP contribution in [0.15, 0.2) is 30.3 Å². The summed E-state index contributed by atoms with van der Waals surface area (Å²) >= 11 is 1.41. The van der Waals surface area contributed by atoms with Gasteiger partial charge in [-0.1, -0.05) is 38.8 Å². The van der Waals surface area contributed by atoms with E-state index < -0.39 is 0 Å². The molecule has 1 N–H and O–H groups in total. The van der Waals surface area contributed by atoms with Crippen molar-refractivity contribution in [2.75, 3.05) is 0 Å². The summed E-state index contributed by atoms with van der Waals surface area (Å²) in [6.07, 6.45) is 3.42. The van der Waals surface area contributed by atoms with Gasteiger partial charge in [0.2, 0.25) is 0 Å². The zero-order valence-electron chi connectivity index (χ0n) is 15.8. The molecule has 3 atom stereocenters. The largest absolute Gasteiger partial charge is 0.348 e. The van der Waals surface area contributed by atoms with Crippen LogP contribution in [0.25, 0.3) is 21.5 Å². The van der Waals surface area contributed by atoms with Gasteiger partial charge >= 0.3 is 0 Å². The Balaban J connectivity index is 1.65. The zero-order valence-corrected chi connectivity index (χ0v) is 16.6. The Morgan fingerprint density at radius 2 is 2.07 bits per heavy atom. The first-order valence-corrected chi connectivity index (χ1v) is 10.3. The van der Waals surface area contributed by atoms with Gasteiger partial charge in [-0.05, 0) is 36.5 Å². The second kappa shape index (κ2) is 7.08. The minimum absolute atomic E-state index is 0.0402. The van der Waals surface area contributed by atoms with Gasteiger partial charge in [0.05, 0.1) is 4.88 Å². The predicted molar refractivity (Wildman–Crippen MR) is 107 cm³/mol. The molecule has 0 bridgehead atoms. The van der Waals surface area contributed by atoms with Crippen molar-refractivity contribution in [3.05, 3.63) is 41.0 Å². The second-order valence-corrected chi connectivity index (χ2v) is 8.66. The molecule has 27 heavy (non-hydrogen) atoms. The number of carbonyl (C=O) groups is 1. The number of amides is 1. The molecule has 2 aromatic heterocycles. The Kier molecular flexibility index (Phi) is 4.76. The highest BCUT2D eigenvalue weighted by molar-refractivity contribution is 7.20. The van der Waals surface area contributed by atoms with Gasteiger partial charge in [-0.3, -0.25) is 9.48 Å². The molecule has 0 unspecified atom stereocenters. The van der Waals surface area contributed by atoms with Gasteiger partial charge in [0, 0.05) is 24.0 Å². The number of rotatable bonds is 3. The van der Waals surface area contributed by atoms with Gasteiger partial charge in [0.1, 0.15) is 16.3 Å². The average Bonchev–Trinajstić information content (AvgIpc) is 3.20. The van der Waals surface area contributed by atoms with Crippen LogP contribution in [0.4, 0.5) is 4.39 Å². The molecule has 4 nitrogen and oxygen atoms in total. The van der Waals surface area contributed by atoms with Gasteiger partial charge in [0.15, 0.2) is 0 Å². The SMILES string of the molecule is C[C@H]1[C@H](C)CCC[C@@H]1NC(=O)c1cc2c(-c3ccccc3F)nn(C)c2s1.